The molecule has 0 radical (unpaired) electrons. The van der Waals surface area contributed by atoms with E-state index in [9.17, 15) is 0 Å². The van der Waals surface area contributed by atoms with Crippen molar-refractivity contribution in [1.29, 1.82) is 0 Å². The summed E-state index contributed by atoms with van der Waals surface area (Å²) in [5.74, 6) is 1.47. The molecular formula is C14H21NO2. The van der Waals surface area contributed by atoms with Crippen LogP contribution in [0.2, 0.25) is 0 Å². The average molecular weight is 235 g/mol. The summed E-state index contributed by atoms with van der Waals surface area (Å²) in [5.41, 5.74) is 8.09. The highest BCUT2D eigenvalue weighted by atomic mass is 16.5. The molecule has 0 saturated carbocycles. The van der Waals surface area contributed by atoms with Gasteiger partial charge in [0.25, 0.3) is 0 Å². The first-order valence-electron chi connectivity index (χ1n) is 5.74. The van der Waals surface area contributed by atoms with Crippen LogP contribution in [0, 0.1) is 0 Å². The first kappa shape index (κ1) is 13.6. The van der Waals surface area contributed by atoms with Gasteiger partial charge in [0.2, 0.25) is 0 Å². The molecule has 1 rings (SSSR count). The minimum atomic E-state index is -0.00395. The van der Waals surface area contributed by atoms with Gasteiger partial charge in [-0.05, 0) is 44.5 Å². The van der Waals surface area contributed by atoms with Crippen LogP contribution < -0.4 is 15.2 Å². The summed E-state index contributed by atoms with van der Waals surface area (Å²) in [6.45, 7) is 6.58. The van der Waals surface area contributed by atoms with E-state index in [1.165, 1.54) is 5.57 Å². The van der Waals surface area contributed by atoms with E-state index in [0.717, 1.165) is 17.1 Å². The van der Waals surface area contributed by atoms with Crippen LogP contribution >= 0.6 is 0 Å². The SMILES string of the molecule is COc1cc(C(C)N)ccc1OCC=C(C)C. The Morgan fingerprint density at radius 3 is 2.59 bits per heavy atom. The topological polar surface area (TPSA) is 44.5 Å². The van der Waals surface area contributed by atoms with Crippen LogP contribution in [0.25, 0.3) is 0 Å². The summed E-state index contributed by atoms with van der Waals surface area (Å²) in [7, 11) is 1.63. The Balaban J connectivity index is 2.82. The van der Waals surface area contributed by atoms with Gasteiger partial charge in [0.05, 0.1) is 7.11 Å². The molecule has 17 heavy (non-hydrogen) atoms. The Hall–Kier alpha value is -1.48. The van der Waals surface area contributed by atoms with Gasteiger partial charge in [0, 0.05) is 6.04 Å². The van der Waals surface area contributed by atoms with Gasteiger partial charge in [0.1, 0.15) is 6.61 Å². The van der Waals surface area contributed by atoms with Crippen molar-refractivity contribution < 1.29 is 9.47 Å². The number of methoxy groups -OCH3 is 1. The van der Waals surface area contributed by atoms with Crippen molar-refractivity contribution >= 4 is 0 Å². The Bertz CT molecular complexity index is 393. The molecule has 2 N–H and O–H groups in total. The summed E-state index contributed by atoms with van der Waals surface area (Å²) < 4.78 is 10.9. The summed E-state index contributed by atoms with van der Waals surface area (Å²) >= 11 is 0. The molecule has 3 heteroatoms. The Morgan fingerprint density at radius 2 is 2.06 bits per heavy atom. The molecular weight excluding hydrogens is 214 g/mol. The van der Waals surface area contributed by atoms with Crippen LogP contribution in [-0.2, 0) is 0 Å². The molecule has 3 nitrogen and oxygen atoms in total. The van der Waals surface area contributed by atoms with Crippen LogP contribution in [0.5, 0.6) is 11.5 Å². The molecule has 0 bridgehead atoms. The molecule has 1 atom stereocenters. The number of benzene rings is 1. The predicted molar refractivity (Wildman–Crippen MR) is 70.5 cm³/mol. The third-order valence-corrected chi connectivity index (χ3v) is 2.44. The second kappa shape index (κ2) is 6.30. The van der Waals surface area contributed by atoms with Crippen molar-refractivity contribution in [3.05, 3.63) is 35.4 Å². The number of rotatable bonds is 5. The molecule has 0 spiro atoms. The smallest absolute Gasteiger partial charge is 0.161 e. The minimum Gasteiger partial charge on any atom is -0.493 e. The van der Waals surface area contributed by atoms with Gasteiger partial charge < -0.3 is 15.2 Å². The van der Waals surface area contributed by atoms with Crippen molar-refractivity contribution in [2.45, 2.75) is 26.8 Å². The molecule has 0 aliphatic carbocycles. The maximum Gasteiger partial charge on any atom is 0.161 e. The lowest BCUT2D eigenvalue weighted by Gasteiger charge is -2.12. The molecule has 0 fully saturated rings. The summed E-state index contributed by atoms with van der Waals surface area (Å²) in [6, 6.07) is 5.78. The zero-order valence-corrected chi connectivity index (χ0v) is 11.0. The summed E-state index contributed by atoms with van der Waals surface area (Å²) in [6.07, 6.45) is 2.03. The van der Waals surface area contributed by atoms with E-state index in [4.69, 9.17) is 15.2 Å². The highest BCUT2D eigenvalue weighted by Gasteiger charge is 2.07. The van der Waals surface area contributed by atoms with Gasteiger partial charge in [-0.3, -0.25) is 0 Å². The minimum absolute atomic E-state index is 0.00395. The summed E-state index contributed by atoms with van der Waals surface area (Å²) in [4.78, 5) is 0. The van der Waals surface area contributed by atoms with Crippen molar-refractivity contribution in [3.63, 3.8) is 0 Å². The highest BCUT2D eigenvalue weighted by molar-refractivity contribution is 5.43. The normalized spacial score (nSPS) is 11.8. The maximum absolute atomic E-state index is 5.82. The van der Waals surface area contributed by atoms with Crippen LogP contribution in [-0.4, -0.2) is 13.7 Å². The lowest BCUT2D eigenvalue weighted by molar-refractivity contribution is 0.325. The molecule has 0 aliphatic rings. The second-order valence-corrected chi connectivity index (χ2v) is 4.29. The molecule has 1 aromatic carbocycles. The third-order valence-electron chi connectivity index (χ3n) is 2.44. The van der Waals surface area contributed by atoms with Crippen LogP contribution in [0.3, 0.4) is 0 Å². The quantitative estimate of drug-likeness (QED) is 0.798. The molecule has 1 unspecified atom stereocenters. The third kappa shape index (κ3) is 4.11. The molecule has 1 aromatic rings. The Kier molecular flexibility index (Phi) is 5.04. The highest BCUT2D eigenvalue weighted by Crippen LogP contribution is 2.29. The van der Waals surface area contributed by atoms with E-state index in [1.54, 1.807) is 7.11 Å². The zero-order chi connectivity index (χ0) is 12.8. The number of ether oxygens (including phenoxy) is 2. The van der Waals surface area contributed by atoms with Gasteiger partial charge in [0.15, 0.2) is 11.5 Å². The van der Waals surface area contributed by atoms with Crippen molar-refractivity contribution in [2.24, 2.45) is 5.73 Å². The van der Waals surface area contributed by atoms with E-state index < -0.39 is 0 Å². The predicted octanol–water partition coefficient (Wildman–Crippen LogP) is 3.06. The van der Waals surface area contributed by atoms with Gasteiger partial charge in [-0.2, -0.15) is 0 Å². The van der Waals surface area contributed by atoms with E-state index in [0.29, 0.717) is 6.61 Å². The molecule has 0 heterocycles. The van der Waals surface area contributed by atoms with Crippen molar-refractivity contribution in [1.82, 2.24) is 0 Å². The molecule has 0 aliphatic heterocycles. The Labute approximate surface area is 103 Å². The van der Waals surface area contributed by atoms with Crippen molar-refractivity contribution in [2.75, 3.05) is 13.7 Å². The fourth-order valence-electron chi connectivity index (χ4n) is 1.38. The number of hydrogen-bond acceptors (Lipinski definition) is 3. The fraction of sp³-hybridized carbons (Fsp3) is 0.429. The lowest BCUT2D eigenvalue weighted by atomic mass is 10.1. The molecule has 94 valence electrons. The number of allylic oxidation sites excluding steroid dienone is 1. The summed E-state index contributed by atoms with van der Waals surface area (Å²) in [5, 5.41) is 0. The van der Waals surface area contributed by atoms with E-state index >= 15 is 0 Å². The van der Waals surface area contributed by atoms with E-state index in [1.807, 2.05) is 45.0 Å². The van der Waals surface area contributed by atoms with Crippen molar-refractivity contribution in [3.8, 4) is 11.5 Å². The molecule has 0 saturated heterocycles. The van der Waals surface area contributed by atoms with Gasteiger partial charge >= 0.3 is 0 Å². The zero-order valence-electron chi connectivity index (χ0n) is 11.0. The monoisotopic (exact) mass is 235 g/mol. The average Bonchev–Trinajstić information content (AvgIpc) is 2.28. The van der Waals surface area contributed by atoms with E-state index in [-0.39, 0.29) is 6.04 Å². The first-order valence-corrected chi connectivity index (χ1v) is 5.74. The van der Waals surface area contributed by atoms with Crippen LogP contribution in [0.15, 0.2) is 29.8 Å². The first-order chi connectivity index (χ1) is 8.04. The van der Waals surface area contributed by atoms with Gasteiger partial charge in [-0.15, -0.1) is 0 Å². The van der Waals surface area contributed by atoms with E-state index in [2.05, 4.69) is 0 Å². The number of hydrogen-bond donors (Lipinski definition) is 1. The van der Waals surface area contributed by atoms with Gasteiger partial charge in [-0.1, -0.05) is 11.6 Å². The molecule has 0 aromatic heterocycles. The maximum atomic E-state index is 5.82. The fourth-order valence-corrected chi connectivity index (χ4v) is 1.38. The largest absolute Gasteiger partial charge is 0.493 e. The standard InChI is InChI=1S/C14H21NO2/c1-10(2)7-8-17-13-6-5-12(11(3)15)9-14(13)16-4/h5-7,9,11H,8,15H2,1-4H3. The van der Waals surface area contributed by atoms with Gasteiger partial charge in [-0.25, -0.2) is 0 Å². The second-order valence-electron chi connectivity index (χ2n) is 4.29. The number of nitrogens with two attached hydrogens (primary N) is 1. The van der Waals surface area contributed by atoms with Crippen LogP contribution in [0.1, 0.15) is 32.4 Å². The molecule has 0 amide bonds. The van der Waals surface area contributed by atoms with Crippen LogP contribution in [0.4, 0.5) is 0 Å². The lowest BCUT2D eigenvalue weighted by Crippen LogP contribution is -2.05. The Morgan fingerprint density at radius 1 is 1.35 bits per heavy atom.